The minimum atomic E-state index is -0.169. The highest BCUT2D eigenvalue weighted by Crippen LogP contribution is 2.49. The van der Waals surface area contributed by atoms with E-state index in [2.05, 4.69) is 204 Å². The number of hydrogen-bond donors (Lipinski definition) is 0. The van der Waals surface area contributed by atoms with E-state index >= 15 is 0 Å². The Morgan fingerprint density at radius 1 is 0.453 bits per heavy atom. The third kappa shape index (κ3) is 5.08. The SMILES string of the molecule is CC1(C)c2ccccc2-n2c3ccncc3c3cc(-c4ccc(N(c5ccc(-c6ccccc6)cc5)c5ccc(-c6ccccc6)cc5)cc4)cc1c32. The number of para-hydroxylation sites is 1. The van der Waals surface area contributed by atoms with E-state index in [4.69, 9.17) is 0 Å². The number of rotatable bonds is 6. The van der Waals surface area contributed by atoms with Gasteiger partial charge in [-0.15, -0.1) is 0 Å². The highest BCUT2D eigenvalue weighted by molar-refractivity contribution is 6.12. The Labute approximate surface area is 310 Å². The Bertz CT molecular complexity index is 2680. The molecule has 3 heteroatoms. The van der Waals surface area contributed by atoms with Crippen LogP contribution in [-0.4, -0.2) is 9.55 Å². The zero-order chi connectivity index (χ0) is 35.5. The van der Waals surface area contributed by atoms with Crippen LogP contribution in [0.5, 0.6) is 0 Å². The third-order valence-electron chi connectivity index (χ3n) is 11.1. The predicted octanol–water partition coefficient (Wildman–Crippen LogP) is 13.3. The molecule has 0 amide bonds. The van der Waals surface area contributed by atoms with Crippen LogP contribution in [0.3, 0.4) is 0 Å². The first-order chi connectivity index (χ1) is 26.0. The number of anilines is 3. The number of nitrogens with zero attached hydrogens (tertiary/aromatic N) is 3. The van der Waals surface area contributed by atoms with Crippen molar-refractivity contribution in [2.45, 2.75) is 19.3 Å². The van der Waals surface area contributed by atoms with Crippen LogP contribution in [0.2, 0.25) is 0 Å². The van der Waals surface area contributed by atoms with Crippen molar-refractivity contribution in [3.05, 3.63) is 199 Å². The van der Waals surface area contributed by atoms with Crippen molar-refractivity contribution < 1.29 is 0 Å². The average molecular weight is 680 g/mol. The second-order valence-electron chi connectivity index (χ2n) is 14.5. The summed E-state index contributed by atoms with van der Waals surface area (Å²) in [5, 5.41) is 2.42. The van der Waals surface area contributed by atoms with Crippen molar-refractivity contribution >= 4 is 38.9 Å². The lowest BCUT2D eigenvalue weighted by molar-refractivity contribution is 0.630. The molecular weight excluding hydrogens is 643 g/mol. The monoisotopic (exact) mass is 679 g/mol. The zero-order valence-corrected chi connectivity index (χ0v) is 29.7. The van der Waals surface area contributed by atoms with Gasteiger partial charge in [-0.2, -0.15) is 0 Å². The Hall–Kier alpha value is -6.71. The molecule has 0 saturated carbocycles. The molecule has 10 rings (SSSR count). The Morgan fingerprint density at radius 3 is 1.51 bits per heavy atom. The zero-order valence-electron chi connectivity index (χ0n) is 29.7. The molecule has 0 aliphatic carbocycles. The van der Waals surface area contributed by atoms with Gasteiger partial charge in [0.1, 0.15) is 0 Å². The highest BCUT2D eigenvalue weighted by Gasteiger charge is 2.35. The van der Waals surface area contributed by atoms with Crippen molar-refractivity contribution in [1.82, 2.24) is 9.55 Å². The molecule has 0 spiro atoms. The highest BCUT2D eigenvalue weighted by atomic mass is 15.1. The van der Waals surface area contributed by atoms with Gasteiger partial charge in [-0.3, -0.25) is 4.98 Å². The minimum absolute atomic E-state index is 0.169. The second-order valence-corrected chi connectivity index (χ2v) is 14.5. The van der Waals surface area contributed by atoms with Gasteiger partial charge in [-0.25, -0.2) is 0 Å². The molecule has 0 saturated heterocycles. The number of aromatic nitrogens is 2. The first-order valence-electron chi connectivity index (χ1n) is 18.3. The van der Waals surface area contributed by atoms with Crippen LogP contribution in [0.1, 0.15) is 25.0 Å². The van der Waals surface area contributed by atoms with Gasteiger partial charge in [-0.05, 0) is 105 Å². The lowest BCUT2D eigenvalue weighted by Crippen LogP contribution is -2.26. The van der Waals surface area contributed by atoms with Crippen LogP contribution in [-0.2, 0) is 5.41 Å². The summed E-state index contributed by atoms with van der Waals surface area (Å²) in [6, 6.07) is 63.7. The molecule has 7 aromatic carbocycles. The maximum Gasteiger partial charge on any atom is 0.0583 e. The molecular formula is C50H37N3. The quantitative estimate of drug-likeness (QED) is 0.174. The molecule has 1 aliphatic heterocycles. The van der Waals surface area contributed by atoms with E-state index in [1.54, 1.807) is 0 Å². The van der Waals surface area contributed by atoms with Crippen molar-refractivity contribution in [2.24, 2.45) is 0 Å². The number of fused-ring (bicyclic) bond motifs is 5. The summed E-state index contributed by atoms with van der Waals surface area (Å²) in [5.41, 5.74) is 16.8. The molecule has 0 atom stereocenters. The van der Waals surface area contributed by atoms with Gasteiger partial charge in [0.2, 0.25) is 0 Å². The molecule has 0 unspecified atom stereocenters. The van der Waals surface area contributed by atoms with Crippen molar-refractivity contribution in [3.8, 4) is 39.1 Å². The lowest BCUT2D eigenvalue weighted by Gasteiger charge is -2.35. The molecule has 0 fully saturated rings. The normalized spacial score (nSPS) is 12.9. The predicted molar refractivity (Wildman–Crippen MR) is 222 cm³/mol. The summed E-state index contributed by atoms with van der Waals surface area (Å²) in [6.45, 7) is 4.72. The molecule has 252 valence electrons. The van der Waals surface area contributed by atoms with Crippen molar-refractivity contribution in [1.29, 1.82) is 0 Å². The van der Waals surface area contributed by atoms with E-state index in [0.717, 1.165) is 17.1 Å². The third-order valence-corrected chi connectivity index (χ3v) is 11.1. The summed E-state index contributed by atoms with van der Waals surface area (Å²) >= 11 is 0. The van der Waals surface area contributed by atoms with Gasteiger partial charge in [0.25, 0.3) is 0 Å². The van der Waals surface area contributed by atoms with E-state index in [-0.39, 0.29) is 5.41 Å². The van der Waals surface area contributed by atoms with Crippen LogP contribution in [0.4, 0.5) is 17.1 Å². The van der Waals surface area contributed by atoms with Gasteiger partial charge in [-0.1, -0.05) is 129 Å². The van der Waals surface area contributed by atoms with E-state index in [1.807, 2.05) is 12.4 Å². The van der Waals surface area contributed by atoms with E-state index in [1.165, 1.54) is 72.0 Å². The lowest BCUT2D eigenvalue weighted by atomic mass is 9.74. The van der Waals surface area contributed by atoms with Crippen LogP contribution < -0.4 is 4.90 Å². The first-order valence-corrected chi connectivity index (χ1v) is 18.3. The summed E-state index contributed by atoms with van der Waals surface area (Å²) in [7, 11) is 0. The van der Waals surface area contributed by atoms with E-state index < -0.39 is 0 Å². The Balaban J connectivity index is 1.08. The largest absolute Gasteiger partial charge is 0.311 e. The maximum absolute atomic E-state index is 4.57. The molecule has 0 N–H and O–H groups in total. The Morgan fingerprint density at radius 2 is 0.943 bits per heavy atom. The fourth-order valence-corrected chi connectivity index (χ4v) is 8.34. The van der Waals surface area contributed by atoms with Crippen molar-refractivity contribution in [3.63, 3.8) is 0 Å². The standard InChI is InChI=1S/C50H37N3/c1-50(2)45-15-9-10-16-48(45)53-47-29-30-51-33-44(47)43-31-39(32-46(50)49(43)53)38-21-27-42(28-22-38)52(40-23-17-36(18-24-40)34-11-5-3-6-12-34)41-25-19-37(20-26-41)35-13-7-4-8-14-35/h3-33H,1-2H3. The Kier molecular flexibility index (Phi) is 7.16. The number of hydrogen-bond acceptors (Lipinski definition) is 2. The molecule has 9 aromatic rings. The maximum atomic E-state index is 4.57. The van der Waals surface area contributed by atoms with Gasteiger partial charge in [0.15, 0.2) is 0 Å². The van der Waals surface area contributed by atoms with Gasteiger partial charge in [0, 0.05) is 45.6 Å². The molecule has 3 nitrogen and oxygen atoms in total. The average Bonchev–Trinajstić information content (AvgIpc) is 3.56. The van der Waals surface area contributed by atoms with Crippen LogP contribution >= 0.6 is 0 Å². The number of pyridine rings is 1. The van der Waals surface area contributed by atoms with Gasteiger partial charge in [0.05, 0.1) is 16.7 Å². The molecule has 2 aromatic heterocycles. The summed E-state index contributed by atoms with van der Waals surface area (Å²) < 4.78 is 2.44. The molecule has 0 radical (unpaired) electrons. The molecule has 0 bridgehead atoms. The first kappa shape index (κ1) is 31.1. The van der Waals surface area contributed by atoms with Gasteiger partial charge < -0.3 is 9.47 Å². The fourth-order valence-electron chi connectivity index (χ4n) is 8.34. The second kappa shape index (κ2) is 12.2. The van der Waals surface area contributed by atoms with E-state index in [0.29, 0.717) is 0 Å². The van der Waals surface area contributed by atoms with Gasteiger partial charge >= 0.3 is 0 Å². The summed E-state index contributed by atoms with van der Waals surface area (Å²) in [6.07, 6.45) is 3.93. The molecule has 1 aliphatic rings. The molecule has 3 heterocycles. The molecule has 53 heavy (non-hydrogen) atoms. The minimum Gasteiger partial charge on any atom is -0.311 e. The van der Waals surface area contributed by atoms with Crippen molar-refractivity contribution in [2.75, 3.05) is 4.90 Å². The summed E-state index contributed by atoms with van der Waals surface area (Å²) in [5.74, 6) is 0. The number of benzene rings is 7. The summed E-state index contributed by atoms with van der Waals surface area (Å²) in [4.78, 5) is 6.92. The fraction of sp³-hybridized carbons (Fsp3) is 0.0600. The smallest absolute Gasteiger partial charge is 0.0583 e. The topological polar surface area (TPSA) is 21.1 Å². The van der Waals surface area contributed by atoms with Crippen LogP contribution in [0.15, 0.2) is 188 Å². The van der Waals surface area contributed by atoms with E-state index in [9.17, 15) is 0 Å². The van der Waals surface area contributed by atoms with Crippen LogP contribution in [0, 0.1) is 0 Å². The van der Waals surface area contributed by atoms with Crippen LogP contribution in [0.25, 0.3) is 60.9 Å².